The standard InChI is InChI=1S/C14H13N3O/c15-11-7-4-8-12-13(11)14(18)17(16-12)9-10-5-2-1-3-6-10/h1-8,16H,9,15H2. The number of H-pyrrole nitrogens is 1. The summed E-state index contributed by atoms with van der Waals surface area (Å²) in [5.41, 5.74) is 8.12. The molecule has 0 radical (unpaired) electrons. The molecule has 0 saturated heterocycles. The van der Waals surface area contributed by atoms with Gasteiger partial charge in [0, 0.05) is 5.69 Å². The first-order valence-electron chi connectivity index (χ1n) is 5.76. The predicted octanol–water partition coefficient (Wildman–Crippen LogP) is 1.96. The SMILES string of the molecule is Nc1cccc2[nH]n(Cc3ccccc3)c(=O)c12. The van der Waals surface area contributed by atoms with Crippen molar-refractivity contribution in [1.82, 2.24) is 9.78 Å². The van der Waals surface area contributed by atoms with E-state index in [1.54, 1.807) is 10.7 Å². The molecule has 0 bridgehead atoms. The highest BCUT2D eigenvalue weighted by atomic mass is 16.1. The highest BCUT2D eigenvalue weighted by molar-refractivity contribution is 5.89. The van der Waals surface area contributed by atoms with Gasteiger partial charge in [0.1, 0.15) is 0 Å². The van der Waals surface area contributed by atoms with Gasteiger partial charge in [-0.1, -0.05) is 36.4 Å². The second-order valence-electron chi connectivity index (χ2n) is 4.26. The highest BCUT2D eigenvalue weighted by Gasteiger charge is 2.09. The smallest absolute Gasteiger partial charge is 0.276 e. The Morgan fingerprint density at radius 2 is 1.83 bits per heavy atom. The number of nitrogens with two attached hydrogens (primary N) is 1. The van der Waals surface area contributed by atoms with Crippen LogP contribution in [0.15, 0.2) is 53.3 Å². The zero-order chi connectivity index (χ0) is 12.5. The van der Waals surface area contributed by atoms with E-state index in [9.17, 15) is 4.79 Å². The van der Waals surface area contributed by atoms with Crippen LogP contribution in [-0.4, -0.2) is 9.78 Å². The molecule has 0 aliphatic carbocycles. The lowest BCUT2D eigenvalue weighted by Gasteiger charge is -2.00. The molecule has 3 rings (SSSR count). The van der Waals surface area contributed by atoms with E-state index in [-0.39, 0.29) is 5.56 Å². The Kier molecular flexibility index (Phi) is 2.41. The van der Waals surface area contributed by atoms with E-state index in [1.165, 1.54) is 0 Å². The van der Waals surface area contributed by atoms with Crippen LogP contribution in [0.3, 0.4) is 0 Å². The second-order valence-corrected chi connectivity index (χ2v) is 4.26. The molecule has 0 fully saturated rings. The average molecular weight is 239 g/mol. The van der Waals surface area contributed by atoms with Crippen LogP contribution in [-0.2, 0) is 6.54 Å². The van der Waals surface area contributed by atoms with E-state index in [0.717, 1.165) is 11.1 Å². The molecular weight excluding hydrogens is 226 g/mol. The topological polar surface area (TPSA) is 63.8 Å². The first-order chi connectivity index (χ1) is 8.75. The summed E-state index contributed by atoms with van der Waals surface area (Å²) in [6, 6.07) is 15.3. The summed E-state index contributed by atoms with van der Waals surface area (Å²) in [5.74, 6) is 0. The minimum absolute atomic E-state index is 0.0769. The van der Waals surface area contributed by atoms with Crippen molar-refractivity contribution < 1.29 is 0 Å². The van der Waals surface area contributed by atoms with Gasteiger partial charge < -0.3 is 5.73 Å². The van der Waals surface area contributed by atoms with Crippen molar-refractivity contribution in [3.63, 3.8) is 0 Å². The van der Waals surface area contributed by atoms with Crippen LogP contribution in [0.25, 0.3) is 10.9 Å². The fraction of sp³-hybridized carbons (Fsp3) is 0.0714. The van der Waals surface area contributed by atoms with Crippen molar-refractivity contribution in [1.29, 1.82) is 0 Å². The first-order valence-corrected chi connectivity index (χ1v) is 5.76. The van der Waals surface area contributed by atoms with Gasteiger partial charge in [-0.3, -0.25) is 9.89 Å². The molecule has 3 aromatic rings. The highest BCUT2D eigenvalue weighted by Crippen LogP contribution is 2.15. The van der Waals surface area contributed by atoms with Gasteiger partial charge in [-0.25, -0.2) is 4.68 Å². The van der Waals surface area contributed by atoms with Crippen LogP contribution >= 0.6 is 0 Å². The molecule has 1 aromatic heterocycles. The lowest BCUT2D eigenvalue weighted by Crippen LogP contribution is -2.17. The Morgan fingerprint density at radius 1 is 1.06 bits per heavy atom. The van der Waals surface area contributed by atoms with Crippen LogP contribution in [0.2, 0.25) is 0 Å². The van der Waals surface area contributed by atoms with E-state index in [4.69, 9.17) is 5.73 Å². The molecular formula is C14H13N3O. The molecule has 2 aromatic carbocycles. The Balaban J connectivity index is 2.11. The van der Waals surface area contributed by atoms with Gasteiger partial charge in [0.25, 0.3) is 5.56 Å². The third-order valence-corrected chi connectivity index (χ3v) is 2.99. The van der Waals surface area contributed by atoms with E-state index >= 15 is 0 Å². The molecule has 0 unspecified atom stereocenters. The monoisotopic (exact) mass is 239 g/mol. The summed E-state index contributed by atoms with van der Waals surface area (Å²) in [4.78, 5) is 12.2. The van der Waals surface area contributed by atoms with Crippen molar-refractivity contribution in [3.8, 4) is 0 Å². The largest absolute Gasteiger partial charge is 0.398 e. The predicted molar refractivity (Wildman–Crippen MR) is 72.5 cm³/mol. The molecule has 0 aliphatic heterocycles. The van der Waals surface area contributed by atoms with Crippen LogP contribution in [0, 0.1) is 0 Å². The number of fused-ring (bicyclic) bond motifs is 1. The molecule has 1 heterocycles. The van der Waals surface area contributed by atoms with Crippen molar-refractivity contribution in [2.75, 3.05) is 5.73 Å². The molecule has 0 saturated carbocycles. The van der Waals surface area contributed by atoms with Gasteiger partial charge in [-0.2, -0.15) is 0 Å². The third-order valence-electron chi connectivity index (χ3n) is 2.99. The van der Waals surface area contributed by atoms with E-state index < -0.39 is 0 Å². The molecule has 3 N–H and O–H groups in total. The van der Waals surface area contributed by atoms with Gasteiger partial charge in [-0.15, -0.1) is 0 Å². The average Bonchev–Trinajstić information content (AvgIpc) is 2.69. The minimum atomic E-state index is -0.0769. The van der Waals surface area contributed by atoms with E-state index in [2.05, 4.69) is 5.10 Å². The quantitative estimate of drug-likeness (QED) is 0.671. The number of anilines is 1. The molecule has 0 spiro atoms. The summed E-state index contributed by atoms with van der Waals surface area (Å²) in [6.07, 6.45) is 0. The normalized spacial score (nSPS) is 10.9. The molecule has 4 heteroatoms. The van der Waals surface area contributed by atoms with Crippen molar-refractivity contribution in [2.45, 2.75) is 6.54 Å². The van der Waals surface area contributed by atoms with Gasteiger partial charge in [0.2, 0.25) is 0 Å². The summed E-state index contributed by atoms with van der Waals surface area (Å²) in [7, 11) is 0. The Labute approximate surface area is 104 Å². The molecule has 4 nitrogen and oxygen atoms in total. The maximum absolute atomic E-state index is 12.2. The van der Waals surface area contributed by atoms with Crippen LogP contribution in [0.4, 0.5) is 5.69 Å². The lowest BCUT2D eigenvalue weighted by molar-refractivity contribution is 0.672. The molecule has 90 valence electrons. The Morgan fingerprint density at radius 3 is 2.56 bits per heavy atom. The minimum Gasteiger partial charge on any atom is -0.398 e. The summed E-state index contributed by atoms with van der Waals surface area (Å²) in [6.45, 7) is 0.522. The van der Waals surface area contributed by atoms with Gasteiger partial charge >= 0.3 is 0 Å². The Hall–Kier alpha value is -2.49. The summed E-state index contributed by atoms with van der Waals surface area (Å²) >= 11 is 0. The van der Waals surface area contributed by atoms with Crippen LogP contribution < -0.4 is 11.3 Å². The number of aromatic nitrogens is 2. The summed E-state index contributed by atoms with van der Waals surface area (Å²) in [5, 5.41) is 3.64. The third kappa shape index (κ3) is 1.68. The number of rotatable bonds is 2. The Bertz CT molecular complexity index is 741. The number of nitrogen functional groups attached to an aromatic ring is 1. The van der Waals surface area contributed by atoms with Gasteiger partial charge in [0.05, 0.1) is 17.4 Å². The fourth-order valence-corrected chi connectivity index (χ4v) is 2.11. The summed E-state index contributed by atoms with van der Waals surface area (Å²) < 4.78 is 1.58. The van der Waals surface area contributed by atoms with E-state index in [1.807, 2.05) is 42.5 Å². The lowest BCUT2D eigenvalue weighted by atomic mass is 10.2. The van der Waals surface area contributed by atoms with E-state index in [0.29, 0.717) is 17.6 Å². The number of hydrogen-bond donors (Lipinski definition) is 2. The van der Waals surface area contributed by atoms with Gasteiger partial charge in [-0.05, 0) is 17.7 Å². The number of hydrogen-bond acceptors (Lipinski definition) is 2. The van der Waals surface area contributed by atoms with Crippen LogP contribution in [0.5, 0.6) is 0 Å². The number of nitrogens with one attached hydrogen (secondary N) is 1. The number of benzene rings is 2. The maximum Gasteiger partial charge on any atom is 0.276 e. The fourth-order valence-electron chi connectivity index (χ4n) is 2.11. The van der Waals surface area contributed by atoms with Gasteiger partial charge in [0.15, 0.2) is 0 Å². The molecule has 18 heavy (non-hydrogen) atoms. The molecule has 0 atom stereocenters. The zero-order valence-electron chi connectivity index (χ0n) is 9.76. The van der Waals surface area contributed by atoms with Crippen molar-refractivity contribution >= 4 is 16.6 Å². The van der Waals surface area contributed by atoms with Crippen molar-refractivity contribution in [2.24, 2.45) is 0 Å². The van der Waals surface area contributed by atoms with Crippen molar-refractivity contribution in [3.05, 3.63) is 64.4 Å². The molecule has 0 amide bonds. The second kappa shape index (κ2) is 4.07. The molecule has 0 aliphatic rings. The number of aromatic amines is 1. The number of nitrogens with zero attached hydrogens (tertiary/aromatic N) is 1. The maximum atomic E-state index is 12.2. The zero-order valence-corrected chi connectivity index (χ0v) is 9.76. The first kappa shape index (κ1) is 10.7. The van der Waals surface area contributed by atoms with Crippen LogP contribution in [0.1, 0.15) is 5.56 Å².